The fraction of sp³-hybridized carbons (Fsp3) is 0.522. The van der Waals surface area contributed by atoms with Crippen LogP contribution in [0.15, 0.2) is 30.6 Å². The summed E-state index contributed by atoms with van der Waals surface area (Å²) in [5.41, 5.74) is 5.37. The van der Waals surface area contributed by atoms with Crippen LogP contribution in [0.25, 0.3) is 0 Å². The van der Waals surface area contributed by atoms with Gasteiger partial charge in [0.2, 0.25) is 11.7 Å². The van der Waals surface area contributed by atoms with Crippen molar-refractivity contribution in [3.8, 4) is 0 Å². The lowest BCUT2D eigenvalue weighted by Gasteiger charge is -2.43. The highest BCUT2D eigenvalue weighted by atomic mass is 19.4. The number of hydrogen-bond donors (Lipinski definition) is 3. The molecule has 0 radical (unpaired) electrons. The van der Waals surface area contributed by atoms with Gasteiger partial charge in [-0.15, -0.1) is 0 Å². The van der Waals surface area contributed by atoms with E-state index in [9.17, 15) is 23.1 Å². The van der Waals surface area contributed by atoms with E-state index in [0.717, 1.165) is 25.0 Å². The lowest BCUT2D eigenvalue weighted by Crippen LogP contribution is -2.63. The standard InChI is InChI=1S/C23H30B2F4N6O2/c24-22(25,21(30)37)34-8-7-14(17(36)11-34)9-31-19-18(26)20(33-12-32-19)35(16-5-6-16)10-13-1-3-15(4-2-13)23(27,28)29/h1-4,12,14,16-17,36H,5-11,24-25H2,(H2,30,37)(H,31,32,33)/t14?,17-/m1/s1. The topological polar surface area (TPSA) is 108 Å². The summed E-state index contributed by atoms with van der Waals surface area (Å²) in [5, 5.41) is 12.8. The van der Waals surface area contributed by atoms with Crippen molar-refractivity contribution < 1.29 is 27.5 Å². The molecule has 8 nitrogen and oxygen atoms in total. The number of likely N-dealkylation sites (tertiary alicyclic amines) is 1. The highest BCUT2D eigenvalue weighted by molar-refractivity contribution is 6.50. The average Bonchev–Trinajstić information content (AvgIpc) is 3.68. The molecular formula is C23H30B2F4N6O2. The van der Waals surface area contributed by atoms with Gasteiger partial charge in [-0.25, -0.2) is 9.97 Å². The van der Waals surface area contributed by atoms with E-state index in [2.05, 4.69) is 15.3 Å². The van der Waals surface area contributed by atoms with Crippen LogP contribution in [0, 0.1) is 11.7 Å². The molecule has 4 N–H and O–H groups in total. The number of carbonyl (C=O) groups excluding carboxylic acids is 1. The number of β-amino-alcohol motifs (C(OH)–C–C–N with tert-alkyl or cyclic N) is 1. The van der Waals surface area contributed by atoms with Gasteiger partial charge in [-0.05, 0) is 43.5 Å². The van der Waals surface area contributed by atoms with E-state index < -0.39 is 34.9 Å². The molecule has 2 atom stereocenters. The highest BCUT2D eigenvalue weighted by Crippen LogP contribution is 2.35. The molecule has 1 aromatic carbocycles. The largest absolute Gasteiger partial charge is 0.416 e. The lowest BCUT2D eigenvalue weighted by molar-refractivity contribution is -0.137. The summed E-state index contributed by atoms with van der Waals surface area (Å²) < 4.78 is 54.2. The number of halogens is 4. The molecule has 2 aliphatic rings. The summed E-state index contributed by atoms with van der Waals surface area (Å²) >= 11 is 0. The van der Waals surface area contributed by atoms with Crippen molar-refractivity contribution in [3.63, 3.8) is 0 Å². The Kier molecular flexibility index (Phi) is 7.70. The fourth-order valence-corrected chi connectivity index (χ4v) is 4.55. The van der Waals surface area contributed by atoms with Crippen molar-refractivity contribution >= 4 is 33.2 Å². The first-order valence-electron chi connectivity index (χ1n) is 12.3. The Morgan fingerprint density at radius 3 is 2.43 bits per heavy atom. The van der Waals surface area contributed by atoms with Gasteiger partial charge < -0.3 is 26.0 Å². The first kappa shape index (κ1) is 27.2. The van der Waals surface area contributed by atoms with Crippen LogP contribution in [0.1, 0.15) is 30.4 Å². The lowest BCUT2D eigenvalue weighted by atomic mass is 9.59. The van der Waals surface area contributed by atoms with Gasteiger partial charge in [0.05, 0.1) is 11.7 Å². The van der Waals surface area contributed by atoms with Gasteiger partial charge >= 0.3 is 6.18 Å². The van der Waals surface area contributed by atoms with Crippen LogP contribution >= 0.6 is 0 Å². The third kappa shape index (κ3) is 6.17. The van der Waals surface area contributed by atoms with E-state index in [-0.39, 0.29) is 43.2 Å². The molecule has 2 aromatic rings. The van der Waals surface area contributed by atoms with Crippen LogP contribution in [0.2, 0.25) is 0 Å². The second kappa shape index (κ2) is 10.5. The van der Waals surface area contributed by atoms with Gasteiger partial charge in [0.15, 0.2) is 11.6 Å². The number of hydrogen-bond acceptors (Lipinski definition) is 7. The molecule has 1 aromatic heterocycles. The van der Waals surface area contributed by atoms with Gasteiger partial charge in [-0.2, -0.15) is 17.6 Å². The Hall–Kier alpha value is -2.86. The SMILES string of the molecule is BC(B)(C(N)=O)N1CCC(CNc2ncnc(N(Cc3ccc(C(F)(F)F)cc3)C3CC3)c2F)[C@H](O)C1. The zero-order chi connectivity index (χ0) is 27.0. The summed E-state index contributed by atoms with van der Waals surface area (Å²) in [6, 6.07) is 4.86. The molecule has 14 heteroatoms. The first-order valence-corrected chi connectivity index (χ1v) is 12.3. The zero-order valence-electron chi connectivity index (χ0n) is 20.8. The van der Waals surface area contributed by atoms with Crippen molar-refractivity contribution in [1.29, 1.82) is 0 Å². The van der Waals surface area contributed by atoms with E-state index in [4.69, 9.17) is 5.73 Å². The van der Waals surface area contributed by atoms with Crippen LogP contribution in [0.5, 0.6) is 0 Å². The number of alkyl halides is 3. The van der Waals surface area contributed by atoms with Gasteiger partial charge in [-0.1, -0.05) is 12.1 Å². The number of nitrogens with one attached hydrogen (secondary N) is 1. The van der Waals surface area contributed by atoms with Crippen molar-refractivity contribution in [2.24, 2.45) is 11.7 Å². The maximum absolute atomic E-state index is 15.5. The van der Waals surface area contributed by atoms with E-state index in [1.165, 1.54) is 18.5 Å². The molecule has 2 heterocycles. The molecule has 1 unspecified atom stereocenters. The Morgan fingerprint density at radius 1 is 1.19 bits per heavy atom. The minimum Gasteiger partial charge on any atom is -0.391 e. The number of primary amides is 1. The predicted molar refractivity (Wildman–Crippen MR) is 136 cm³/mol. The number of aliphatic hydroxyl groups excluding tert-OH is 1. The zero-order valence-corrected chi connectivity index (χ0v) is 20.8. The Balaban J connectivity index is 1.43. The summed E-state index contributed by atoms with van der Waals surface area (Å²) in [5.74, 6) is -1.23. The smallest absolute Gasteiger partial charge is 0.391 e. The van der Waals surface area contributed by atoms with Crippen LogP contribution < -0.4 is 16.0 Å². The number of nitrogens with zero attached hydrogens (tertiary/aromatic N) is 4. The van der Waals surface area contributed by atoms with Crippen molar-refractivity contribution in [2.45, 2.75) is 49.5 Å². The third-order valence-electron chi connectivity index (χ3n) is 7.31. The summed E-state index contributed by atoms with van der Waals surface area (Å²) in [7, 11) is 3.43. The third-order valence-corrected chi connectivity index (χ3v) is 7.31. The molecule has 1 saturated heterocycles. The maximum Gasteiger partial charge on any atom is 0.416 e. The van der Waals surface area contributed by atoms with E-state index >= 15 is 4.39 Å². The number of anilines is 2. The number of aromatic nitrogens is 2. The molecule has 0 spiro atoms. The minimum absolute atomic E-state index is 0.00448. The molecule has 1 amide bonds. The second-order valence-corrected chi connectivity index (χ2v) is 10.3. The average molecular weight is 520 g/mol. The fourth-order valence-electron chi connectivity index (χ4n) is 4.55. The number of nitrogens with two attached hydrogens (primary N) is 1. The molecule has 198 valence electrons. The van der Waals surface area contributed by atoms with Crippen LogP contribution in [-0.2, 0) is 17.5 Å². The number of carbonyl (C=O) groups is 1. The Labute approximate surface area is 214 Å². The van der Waals surface area contributed by atoms with Gasteiger partial charge in [0, 0.05) is 36.9 Å². The quantitative estimate of drug-likeness (QED) is 0.323. The number of aliphatic hydroxyl groups is 1. The normalized spacial score (nSPS) is 21.0. The van der Waals surface area contributed by atoms with Gasteiger partial charge in [0.1, 0.15) is 22.0 Å². The van der Waals surface area contributed by atoms with Crippen molar-refractivity contribution in [1.82, 2.24) is 14.9 Å². The second-order valence-electron chi connectivity index (χ2n) is 10.3. The molecule has 4 rings (SSSR count). The van der Waals surface area contributed by atoms with Gasteiger partial charge in [-0.3, -0.25) is 4.79 Å². The monoisotopic (exact) mass is 520 g/mol. The Bertz CT molecular complexity index is 1120. The number of piperidine rings is 1. The molecule has 1 saturated carbocycles. The van der Waals surface area contributed by atoms with Crippen LogP contribution in [0.3, 0.4) is 0 Å². The van der Waals surface area contributed by atoms with Crippen molar-refractivity contribution in [2.75, 3.05) is 29.9 Å². The van der Waals surface area contributed by atoms with E-state index in [0.29, 0.717) is 18.5 Å². The predicted octanol–water partition coefficient (Wildman–Crippen LogP) is 0.303. The number of rotatable bonds is 9. The summed E-state index contributed by atoms with van der Waals surface area (Å²) in [6.07, 6.45) is -1.68. The molecule has 2 fully saturated rings. The van der Waals surface area contributed by atoms with E-state index in [1.807, 2.05) is 4.90 Å². The maximum atomic E-state index is 15.5. The van der Waals surface area contributed by atoms with Crippen LogP contribution in [-0.4, -0.2) is 78.7 Å². The number of amides is 1. The molecule has 37 heavy (non-hydrogen) atoms. The van der Waals surface area contributed by atoms with E-state index in [1.54, 1.807) is 20.6 Å². The first-order chi connectivity index (χ1) is 17.4. The van der Waals surface area contributed by atoms with Crippen molar-refractivity contribution in [3.05, 3.63) is 47.5 Å². The minimum atomic E-state index is -4.42. The molecule has 0 bridgehead atoms. The molecular weight excluding hydrogens is 490 g/mol. The summed E-state index contributed by atoms with van der Waals surface area (Å²) in [6.45, 7) is 1.30. The highest BCUT2D eigenvalue weighted by Gasteiger charge is 2.39. The van der Waals surface area contributed by atoms with Crippen LogP contribution in [0.4, 0.5) is 29.2 Å². The Morgan fingerprint density at radius 2 is 1.86 bits per heavy atom. The van der Waals surface area contributed by atoms with Gasteiger partial charge in [0.25, 0.3) is 0 Å². The molecule has 1 aliphatic heterocycles. The summed E-state index contributed by atoms with van der Waals surface area (Å²) in [4.78, 5) is 23.5. The molecule has 1 aliphatic carbocycles. The number of benzene rings is 1.